The van der Waals surface area contributed by atoms with Crippen LogP contribution >= 0.6 is 0 Å². The maximum absolute atomic E-state index is 13.2. The largest absolute Gasteiger partial charge is 0.495 e. The average molecular weight is 459 g/mol. The van der Waals surface area contributed by atoms with Gasteiger partial charge in [-0.25, -0.2) is 0 Å². The summed E-state index contributed by atoms with van der Waals surface area (Å²) in [6, 6.07) is 10.7. The van der Waals surface area contributed by atoms with Gasteiger partial charge in [0.05, 0.1) is 23.9 Å². The van der Waals surface area contributed by atoms with E-state index in [1.54, 1.807) is 16.6 Å². The van der Waals surface area contributed by atoms with Crippen LogP contribution in [0.3, 0.4) is 0 Å². The Balaban J connectivity index is 1.63. The number of rotatable bonds is 4. The van der Waals surface area contributed by atoms with Crippen LogP contribution in [0.4, 0.5) is 18.9 Å². The zero-order valence-electron chi connectivity index (χ0n) is 18.4. The Hall–Kier alpha value is -3.49. The summed E-state index contributed by atoms with van der Waals surface area (Å²) in [7, 11) is 1.60. The summed E-state index contributed by atoms with van der Waals surface area (Å²) in [6.07, 6.45) is -3.13. The minimum Gasteiger partial charge on any atom is -0.495 e. The summed E-state index contributed by atoms with van der Waals surface area (Å²) in [5.74, 6) is 0.263. The highest BCUT2D eigenvalue weighted by Gasteiger charge is 2.32. The van der Waals surface area contributed by atoms with E-state index in [0.717, 1.165) is 23.6 Å². The zero-order valence-corrected chi connectivity index (χ0v) is 18.4. The Bertz CT molecular complexity index is 1250. The first-order valence-corrected chi connectivity index (χ1v) is 10.7. The highest BCUT2D eigenvalue weighted by Crippen LogP contribution is 2.31. The molecule has 0 aliphatic carbocycles. The lowest BCUT2D eigenvalue weighted by atomic mass is 10.1. The van der Waals surface area contributed by atoms with Crippen LogP contribution in [0.15, 0.2) is 53.5 Å². The number of methoxy groups -OCH3 is 1. The van der Waals surface area contributed by atoms with Gasteiger partial charge in [-0.05, 0) is 37.3 Å². The summed E-state index contributed by atoms with van der Waals surface area (Å²) in [4.78, 5) is 30.0. The second-order valence-electron chi connectivity index (χ2n) is 7.84. The van der Waals surface area contributed by atoms with E-state index in [-0.39, 0.29) is 10.9 Å². The number of para-hydroxylation sites is 2. The van der Waals surface area contributed by atoms with Gasteiger partial charge >= 0.3 is 6.18 Å². The van der Waals surface area contributed by atoms with Gasteiger partial charge in [-0.2, -0.15) is 13.2 Å². The number of fused-ring (bicyclic) bond motifs is 1. The van der Waals surface area contributed by atoms with Crippen LogP contribution in [0, 0.1) is 0 Å². The van der Waals surface area contributed by atoms with Gasteiger partial charge in [0.1, 0.15) is 11.3 Å². The van der Waals surface area contributed by atoms with E-state index < -0.39 is 23.1 Å². The number of benzene rings is 2. The predicted octanol–water partition coefficient (Wildman–Crippen LogP) is 4.01. The molecule has 174 valence electrons. The van der Waals surface area contributed by atoms with Crippen LogP contribution in [0.1, 0.15) is 22.8 Å². The molecule has 9 heteroatoms. The molecule has 6 nitrogen and oxygen atoms in total. The lowest BCUT2D eigenvalue weighted by Crippen LogP contribution is -2.49. The van der Waals surface area contributed by atoms with E-state index in [4.69, 9.17) is 4.74 Å². The molecule has 2 aromatic carbocycles. The number of alkyl halides is 3. The molecule has 1 amide bonds. The molecule has 33 heavy (non-hydrogen) atoms. The summed E-state index contributed by atoms with van der Waals surface area (Å²) in [5, 5.41) is -0.106. The molecule has 1 fully saturated rings. The van der Waals surface area contributed by atoms with Crippen LogP contribution in [-0.4, -0.2) is 48.7 Å². The molecule has 0 N–H and O–H groups in total. The molecule has 4 rings (SSSR count). The number of hydrogen-bond acceptors (Lipinski definition) is 4. The molecule has 1 aliphatic heterocycles. The molecule has 3 aromatic rings. The lowest BCUT2D eigenvalue weighted by Gasteiger charge is -2.36. The molecule has 0 spiro atoms. The van der Waals surface area contributed by atoms with Crippen molar-refractivity contribution >= 4 is 22.5 Å². The van der Waals surface area contributed by atoms with Crippen molar-refractivity contribution in [2.75, 3.05) is 38.2 Å². The van der Waals surface area contributed by atoms with Crippen molar-refractivity contribution in [3.8, 4) is 5.75 Å². The van der Waals surface area contributed by atoms with Gasteiger partial charge in [-0.15, -0.1) is 0 Å². The fraction of sp³-hybridized carbons (Fsp3) is 0.333. The SMILES string of the molecule is CCn1cc(C(=O)N2CCN(c3ccccc3OC)CC2)c(=O)c2cc(C(F)(F)F)ccc21. The third kappa shape index (κ3) is 4.27. The van der Waals surface area contributed by atoms with Gasteiger partial charge in [0, 0.05) is 44.3 Å². The Morgan fingerprint density at radius 3 is 2.39 bits per heavy atom. The number of pyridine rings is 1. The second-order valence-corrected chi connectivity index (χ2v) is 7.84. The standard InChI is InChI=1S/C24H24F3N3O3/c1-3-28-15-18(22(31)17-14-16(24(25,26)27)8-9-19(17)28)23(32)30-12-10-29(11-13-30)20-6-4-5-7-21(20)33-2/h4-9,14-15H,3,10-13H2,1-2H3. The Morgan fingerprint density at radius 2 is 1.76 bits per heavy atom. The van der Waals surface area contributed by atoms with E-state index in [1.807, 2.05) is 31.2 Å². The zero-order chi connectivity index (χ0) is 23.8. The Kier molecular flexibility index (Phi) is 6.05. The first-order chi connectivity index (χ1) is 15.7. The van der Waals surface area contributed by atoms with Crippen molar-refractivity contribution in [2.24, 2.45) is 0 Å². The molecule has 0 bridgehead atoms. The number of aryl methyl sites for hydroxylation is 1. The third-order valence-corrected chi connectivity index (χ3v) is 5.97. The van der Waals surface area contributed by atoms with Crippen molar-refractivity contribution in [2.45, 2.75) is 19.6 Å². The maximum Gasteiger partial charge on any atom is 0.416 e. The number of ether oxygens (including phenoxy) is 1. The molecule has 0 unspecified atom stereocenters. The van der Waals surface area contributed by atoms with Crippen LogP contribution in [0.25, 0.3) is 10.9 Å². The fourth-order valence-corrected chi connectivity index (χ4v) is 4.20. The quantitative estimate of drug-likeness (QED) is 0.592. The molecule has 0 radical (unpaired) electrons. The normalized spacial score (nSPS) is 14.6. The first-order valence-electron chi connectivity index (χ1n) is 10.7. The van der Waals surface area contributed by atoms with Crippen molar-refractivity contribution < 1.29 is 22.7 Å². The minimum absolute atomic E-state index is 0.106. The molecular weight excluding hydrogens is 435 g/mol. The molecule has 1 aromatic heterocycles. The topological polar surface area (TPSA) is 54.8 Å². The van der Waals surface area contributed by atoms with Gasteiger partial charge in [0.15, 0.2) is 0 Å². The van der Waals surface area contributed by atoms with Crippen molar-refractivity contribution in [3.05, 3.63) is 70.0 Å². The van der Waals surface area contributed by atoms with E-state index >= 15 is 0 Å². The van der Waals surface area contributed by atoms with Crippen LogP contribution in [0.2, 0.25) is 0 Å². The summed E-state index contributed by atoms with van der Waals surface area (Å²) < 4.78 is 46.7. The molecule has 1 aliphatic rings. The number of aromatic nitrogens is 1. The van der Waals surface area contributed by atoms with Crippen molar-refractivity contribution in [1.82, 2.24) is 9.47 Å². The van der Waals surface area contributed by atoms with Crippen LogP contribution in [0.5, 0.6) is 5.75 Å². The molecule has 2 heterocycles. The number of amides is 1. The van der Waals surface area contributed by atoms with Gasteiger partial charge in [-0.1, -0.05) is 12.1 Å². The molecule has 0 atom stereocenters. The van der Waals surface area contributed by atoms with Gasteiger partial charge in [-0.3, -0.25) is 9.59 Å². The summed E-state index contributed by atoms with van der Waals surface area (Å²) in [5.41, 5.74) is -0.420. The van der Waals surface area contributed by atoms with E-state index in [2.05, 4.69) is 4.90 Å². The average Bonchev–Trinajstić information content (AvgIpc) is 2.83. The van der Waals surface area contributed by atoms with Crippen molar-refractivity contribution in [3.63, 3.8) is 0 Å². The van der Waals surface area contributed by atoms with Gasteiger partial charge < -0.3 is 19.1 Å². The summed E-state index contributed by atoms with van der Waals surface area (Å²) in [6.45, 7) is 4.05. The predicted molar refractivity (Wildman–Crippen MR) is 120 cm³/mol. The third-order valence-electron chi connectivity index (χ3n) is 5.97. The fourth-order valence-electron chi connectivity index (χ4n) is 4.20. The number of carbonyl (C=O) groups excluding carboxylic acids is 1. The Labute approximate surface area is 188 Å². The number of nitrogens with zero attached hydrogens (tertiary/aromatic N) is 3. The van der Waals surface area contributed by atoms with Crippen LogP contribution in [-0.2, 0) is 12.7 Å². The number of anilines is 1. The van der Waals surface area contributed by atoms with E-state index in [9.17, 15) is 22.8 Å². The van der Waals surface area contributed by atoms with E-state index in [1.165, 1.54) is 12.3 Å². The maximum atomic E-state index is 13.2. The lowest BCUT2D eigenvalue weighted by molar-refractivity contribution is -0.137. The smallest absolute Gasteiger partial charge is 0.416 e. The Morgan fingerprint density at radius 1 is 1.06 bits per heavy atom. The highest BCUT2D eigenvalue weighted by atomic mass is 19.4. The van der Waals surface area contributed by atoms with E-state index in [0.29, 0.717) is 38.2 Å². The monoisotopic (exact) mass is 459 g/mol. The number of hydrogen-bond donors (Lipinski definition) is 0. The molecular formula is C24H24F3N3O3. The second kappa shape index (κ2) is 8.80. The number of halogens is 3. The molecule has 1 saturated heterocycles. The minimum atomic E-state index is -4.58. The van der Waals surface area contributed by atoms with Crippen molar-refractivity contribution in [1.29, 1.82) is 0 Å². The van der Waals surface area contributed by atoms with Crippen LogP contribution < -0.4 is 15.1 Å². The van der Waals surface area contributed by atoms with Gasteiger partial charge in [0.2, 0.25) is 5.43 Å². The summed E-state index contributed by atoms with van der Waals surface area (Å²) >= 11 is 0. The number of carbonyl (C=O) groups is 1. The highest BCUT2D eigenvalue weighted by molar-refractivity contribution is 5.97. The number of piperazine rings is 1. The molecule has 0 saturated carbocycles. The first kappa shape index (κ1) is 22.7. The van der Waals surface area contributed by atoms with Gasteiger partial charge in [0.25, 0.3) is 5.91 Å².